The van der Waals surface area contributed by atoms with Crippen molar-refractivity contribution in [1.29, 1.82) is 0 Å². The molecule has 1 aliphatic carbocycles. The number of halogens is 2. The SMILES string of the molecule is CCC(C)C1=Cc2c(cccc2-c2cccc3ccccc23)C1.[Cl][Zr][Cl]. The minimum absolute atomic E-state index is 0.669. The Balaban J connectivity index is 0.000000613. The number of benzene rings is 3. The Morgan fingerprint density at radius 3 is 2.35 bits per heavy atom. The number of rotatable bonds is 3. The van der Waals surface area contributed by atoms with Gasteiger partial charge in [0.2, 0.25) is 0 Å². The molecule has 3 aromatic rings. The predicted molar refractivity (Wildman–Crippen MR) is 112 cm³/mol. The van der Waals surface area contributed by atoms with Gasteiger partial charge in [0, 0.05) is 0 Å². The normalized spacial score (nSPS) is 13.5. The van der Waals surface area contributed by atoms with Gasteiger partial charge in [-0.3, -0.25) is 0 Å². The monoisotopic (exact) mass is 458 g/mol. The zero-order chi connectivity index (χ0) is 18.5. The first-order valence-electron chi connectivity index (χ1n) is 8.96. The average Bonchev–Trinajstić information content (AvgIpc) is 3.12. The molecule has 0 spiro atoms. The zero-order valence-corrected chi connectivity index (χ0v) is 19.1. The molecule has 26 heavy (non-hydrogen) atoms. The fourth-order valence-electron chi connectivity index (χ4n) is 3.67. The van der Waals surface area contributed by atoms with Crippen LogP contribution in [0, 0.1) is 5.92 Å². The summed E-state index contributed by atoms with van der Waals surface area (Å²) in [6.45, 7) is 4.62. The first-order valence-corrected chi connectivity index (χ1v) is 15.3. The summed E-state index contributed by atoms with van der Waals surface area (Å²) in [5, 5.41) is 2.65. The van der Waals surface area contributed by atoms with Gasteiger partial charge in [-0.05, 0) is 51.8 Å². The van der Waals surface area contributed by atoms with Crippen molar-refractivity contribution in [2.45, 2.75) is 26.7 Å². The molecule has 0 bridgehead atoms. The van der Waals surface area contributed by atoms with Crippen LogP contribution in [0.25, 0.3) is 28.0 Å². The zero-order valence-electron chi connectivity index (χ0n) is 15.1. The fraction of sp³-hybridized carbons (Fsp3) is 0.217. The van der Waals surface area contributed by atoms with E-state index in [1.54, 1.807) is 5.57 Å². The van der Waals surface area contributed by atoms with E-state index in [1.165, 1.54) is 39.4 Å². The van der Waals surface area contributed by atoms with Gasteiger partial charge >= 0.3 is 37.9 Å². The predicted octanol–water partition coefficient (Wildman–Crippen LogP) is 7.87. The van der Waals surface area contributed by atoms with Gasteiger partial charge in [0.1, 0.15) is 0 Å². The van der Waals surface area contributed by atoms with Crippen LogP contribution >= 0.6 is 17.0 Å². The van der Waals surface area contributed by atoms with Crippen LogP contribution in [0.3, 0.4) is 0 Å². The average molecular weight is 461 g/mol. The Morgan fingerprint density at radius 2 is 1.58 bits per heavy atom. The summed E-state index contributed by atoms with van der Waals surface area (Å²) in [5.41, 5.74) is 7.21. The van der Waals surface area contributed by atoms with Crippen molar-refractivity contribution >= 4 is 33.9 Å². The first kappa shape index (κ1) is 19.9. The van der Waals surface area contributed by atoms with Crippen molar-refractivity contribution in [2.75, 3.05) is 0 Å². The minimum atomic E-state index is -0.826. The summed E-state index contributed by atoms with van der Waals surface area (Å²) < 4.78 is 0. The Kier molecular flexibility index (Phi) is 7.15. The Morgan fingerprint density at radius 1 is 0.923 bits per heavy atom. The van der Waals surface area contributed by atoms with E-state index in [2.05, 4.69) is 80.6 Å². The van der Waals surface area contributed by atoms with E-state index in [9.17, 15) is 0 Å². The van der Waals surface area contributed by atoms with Gasteiger partial charge in [-0.25, -0.2) is 0 Å². The van der Waals surface area contributed by atoms with Crippen molar-refractivity contribution in [3.8, 4) is 11.1 Å². The Labute approximate surface area is 174 Å². The van der Waals surface area contributed by atoms with Gasteiger partial charge in [-0.1, -0.05) is 86.2 Å². The molecule has 132 valence electrons. The summed E-state index contributed by atoms with van der Waals surface area (Å²) in [7, 11) is 9.87. The number of allylic oxidation sites excluding steroid dienone is 1. The van der Waals surface area contributed by atoms with Gasteiger partial charge in [-0.2, -0.15) is 0 Å². The van der Waals surface area contributed by atoms with E-state index in [0.717, 1.165) is 6.42 Å². The van der Waals surface area contributed by atoms with Crippen molar-refractivity contribution in [3.05, 3.63) is 77.4 Å². The molecule has 1 atom stereocenters. The third kappa shape index (κ3) is 4.17. The van der Waals surface area contributed by atoms with Crippen LogP contribution < -0.4 is 0 Å². The van der Waals surface area contributed by atoms with Crippen LogP contribution in [0.4, 0.5) is 0 Å². The summed E-state index contributed by atoms with van der Waals surface area (Å²) in [5.74, 6) is 0.669. The molecule has 1 aliphatic rings. The molecule has 0 fully saturated rings. The van der Waals surface area contributed by atoms with Crippen LogP contribution in [0.5, 0.6) is 0 Å². The van der Waals surface area contributed by atoms with Crippen LogP contribution in [-0.2, 0) is 27.3 Å². The molecule has 0 radical (unpaired) electrons. The van der Waals surface area contributed by atoms with Crippen molar-refractivity contribution in [1.82, 2.24) is 0 Å². The van der Waals surface area contributed by atoms with E-state index in [4.69, 9.17) is 17.0 Å². The number of hydrogen-bond donors (Lipinski definition) is 0. The number of hydrogen-bond acceptors (Lipinski definition) is 0. The molecule has 0 saturated heterocycles. The third-order valence-corrected chi connectivity index (χ3v) is 5.25. The second-order valence-corrected chi connectivity index (χ2v) is 10.4. The van der Waals surface area contributed by atoms with Crippen LogP contribution in [0.1, 0.15) is 31.4 Å². The van der Waals surface area contributed by atoms with Gasteiger partial charge in [0.25, 0.3) is 0 Å². The summed E-state index contributed by atoms with van der Waals surface area (Å²) in [6, 6.07) is 22.1. The Bertz CT molecular complexity index is 925. The number of fused-ring (bicyclic) bond motifs is 2. The first-order chi connectivity index (χ1) is 12.7. The van der Waals surface area contributed by atoms with Gasteiger partial charge in [-0.15, -0.1) is 0 Å². The molecule has 0 amide bonds. The summed E-state index contributed by atoms with van der Waals surface area (Å²) >= 11 is -0.826. The van der Waals surface area contributed by atoms with Crippen LogP contribution in [0.2, 0.25) is 0 Å². The Hall–Kier alpha value is -0.877. The molecule has 0 saturated carbocycles. The van der Waals surface area contributed by atoms with Crippen LogP contribution in [-0.4, -0.2) is 0 Å². The molecular formula is C23H22Cl2Zr. The van der Waals surface area contributed by atoms with E-state index in [0.29, 0.717) is 5.92 Å². The summed E-state index contributed by atoms with van der Waals surface area (Å²) in [4.78, 5) is 0. The fourth-order valence-corrected chi connectivity index (χ4v) is 3.67. The standard InChI is InChI=1S/C23H22.2ClH.Zr/c1-3-16(2)19-14-18-10-7-13-22(23(18)15-19)21-12-6-9-17-8-4-5-11-20(17)21;;;/h4-13,15-16H,3,14H2,1-2H3;2*1H;/q;;;+2/p-2. The molecule has 3 aromatic carbocycles. The summed E-state index contributed by atoms with van der Waals surface area (Å²) in [6.07, 6.45) is 4.77. The van der Waals surface area contributed by atoms with E-state index in [-0.39, 0.29) is 0 Å². The van der Waals surface area contributed by atoms with Gasteiger partial charge < -0.3 is 0 Å². The van der Waals surface area contributed by atoms with Gasteiger partial charge in [0.15, 0.2) is 0 Å². The molecule has 0 N–H and O–H groups in total. The van der Waals surface area contributed by atoms with Crippen LogP contribution in [0.15, 0.2) is 66.2 Å². The molecule has 1 unspecified atom stereocenters. The third-order valence-electron chi connectivity index (χ3n) is 5.25. The van der Waals surface area contributed by atoms with E-state index >= 15 is 0 Å². The maximum absolute atomic E-state index is 4.93. The molecule has 4 rings (SSSR count). The molecule has 3 heteroatoms. The second-order valence-electron chi connectivity index (χ2n) is 6.68. The van der Waals surface area contributed by atoms with Crippen molar-refractivity contribution < 1.29 is 20.8 Å². The van der Waals surface area contributed by atoms with Crippen molar-refractivity contribution in [2.24, 2.45) is 5.92 Å². The molecular weight excluding hydrogens is 438 g/mol. The molecule has 0 aromatic heterocycles. The maximum atomic E-state index is 4.93. The van der Waals surface area contributed by atoms with Gasteiger partial charge in [0.05, 0.1) is 0 Å². The second kappa shape index (κ2) is 9.36. The van der Waals surface area contributed by atoms with Crippen molar-refractivity contribution in [3.63, 3.8) is 0 Å². The van der Waals surface area contributed by atoms with E-state index in [1.807, 2.05) is 0 Å². The quantitative estimate of drug-likeness (QED) is 0.373. The molecule has 0 aliphatic heterocycles. The topological polar surface area (TPSA) is 0 Å². The molecule has 0 nitrogen and oxygen atoms in total. The van der Waals surface area contributed by atoms with E-state index < -0.39 is 20.8 Å². The molecule has 0 heterocycles.